The molecule has 6 nitrogen and oxygen atoms in total. The molecule has 0 spiro atoms. The molecule has 1 aliphatic rings. The highest BCUT2D eigenvalue weighted by molar-refractivity contribution is 8.15. The fourth-order valence-corrected chi connectivity index (χ4v) is 3.26. The molecular weight excluding hydrogens is 350 g/mol. The Morgan fingerprint density at radius 3 is 2.62 bits per heavy atom. The van der Waals surface area contributed by atoms with Gasteiger partial charge in [0.15, 0.2) is 11.0 Å². The number of nitrogens with zero attached hydrogens (tertiary/aromatic N) is 2. The fourth-order valence-electron chi connectivity index (χ4n) is 2.33. The van der Waals surface area contributed by atoms with Gasteiger partial charge < -0.3 is 10.1 Å². The normalized spacial score (nSPS) is 18.3. The van der Waals surface area contributed by atoms with E-state index in [0.29, 0.717) is 10.7 Å². The van der Waals surface area contributed by atoms with Gasteiger partial charge in [0.1, 0.15) is 5.75 Å². The van der Waals surface area contributed by atoms with E-state index in [-0.39, 0.29) is 18.1 Å². The lowest BCUT2D eigenvalue weighted by atomic mass is 10.1. The van der Waals surface area contributed by atoms with Crippen molar-refractivity contribution >= 4 is 34.8 Å². The highest BCUT2D eigenvalue weighted by Crippen LogP contribution is 2.24. The second-order valence-corrected chi connectivity index (χ2v) is 6.70. The zero-order valence-corrected chi connectivity index (χ0v) is 14.9. The van der Waals surface area contributed by atoms with Crippen LogP contribution < -0.4 is 10.1 Å². The van der Waals surface area contributed by atoms with E-state index in [1.165, 1.54) is 11.8 Å². The lowest BCUT2D eigenvalue weighted by Crippen LogP contribution is -2.26. The van der Waals surface area contributed by atoms with E-state index in [2.05, 4.69) is 15.5 Å². The monoisotopic (exact) mass is 367 g/mol. The highest BCUT2D eigenvalue weighted by atomic mass is 32.2. The standard InChI is InChI=1S/C19H17N3O3S/c1-25-15-9-7-13(8-10-15)12-20-22-19-21-18(24)17(26-19)11-16(23)14-5-3-2-4-6-14/h2-10,12,17H,11H2,1H3,(H,21,22,24)/b20-12+. The van der Waals surface area contributed by atoms with Gasteiger partial charge in [-0.25, -0.2) is 0 Å². The maximum absolute atomic E-state index is 12.2. The maximum atomic E-state index is 12.2. The molecule has 7 heteroatoms. The van der Waals surface area contributed by atoms with Gasteiger partial charge in [-0.3, -0.25) is 9.59 Å². The Hall–Kier alpha value is -2.93. The van der Waals surface area contributed by atoms with Crippen molar-refractivity contribution in [3.63, 3.8) is 0 Å². The fraction of sp³-hybridized carbons (Fsp3) is 0.158. The molecule has 132 valence electrons. The quantitative estimate of drug-likeness (QED) is 0.484. The summed E-state index contributed by atoms with van der Waals surface area (Å²) in [6, 6.07) is 16.3. The number of hydrogen-bond acceptors (Lipinski definition) is 6. The first-order valence-electron chi connectivity index (χ1n) is 7.96. The zero-order valence-electron chi connectivity index (χ0n) is 14.1. The summed E-state index contributed by atoms with van der Waals surface area (Å²) in [7, 11) is 1.61. The number of methoxy groups -OCH3 is 1. The Morgan fingerprint density at radius 1 is 1.19 bits per heavy atom. The molecular formula is C19H17N3O3S. The third-order valence-electron chi connectivity index (χ3n) is 3.71. The Labute approximate surface area is 155 Å². The van der Waals surface area contributed by atoms with Crippen LogP contribution in [-0.2, 0) is 4.79 Å². The molecule has 0 aliphatic carbocycles. The van der Waals surface area contributed by atoms with Crippen LogP contribution in [0.15, 0.2) is 64.8 Å². The molecule has 1 amide bonds. The van der Waals surface area contributed by atoms with Gasteiger partial charge in [0.2, 0.25) is 5.91 Å². The summed E-state index contributed by atoms with van der Waals surface area (Å²) in [6.45, 7) is 0. The van der Waals surface area contributed by atoms with E-state index in [0.717, 1.165) is 11.3 Å². The van der Waals surface area contributed by atoms with Crippen molar-refractivity contribution < 1.29 is 14.3 Å². The molecule has 0 aromatic heterocycles. The third kappa shape index (κ3) is 4.58. The van der Waals surface area contributed by atoms with E-state index in [4.69, 9.17) is 4.74 Å². The highest BCUT2D eigenvalue weighted by Gasteiger charge is 2.32. The summed E-state index contributed by atoms with van der Waals surface area (Å²) in [5.41, 5.74) is 1.46. The minimum atomic E-state index is -0.488. The van der Waals surface area contributed by atoms with E-state index in [1.54, 1.807) is 37.6 Å². The zero-order chi connectivity index (χ0) is 18.4. The number of rotatable bonds is 6. The van der Waals surface area contributed by atoms with Crippen molar-refractivity contribution in [2.45, 2.75) is 11.7 Å². The maximum Gasteiger partial charge on any atom is 0.240 e. The summed E-state index contributed by atoms with van der Waals surface area (Å²) in [6.07, 6.45) is 1.71. The molecule has 1 heterocycles. The number of ether oxygens (including phenoxy) is 1. The number of amidine groups is 1. The molecule has 0 bridgehead atoms. The van der Waals surface area contributed by atoms with Crippen LogP contribution in [0.25, 0.3) is 0 Å². The van der Waals surface area contributed by atoms with Crippen LogP contribution in [0.2, 0.25) is 0 Å². The smallest absolute Gasteiger partial charge is 0.240 e. The van der Waals surface area contributed by atoms with Crippen molar-refractivity contribution in [2.75, 3.05) is 7.11 Å². The lowest BCUT2D eigenvalue weighted by molar-refractivity contribution is -0.118. The van der Waals surface area contributed by atoms with Crippen molar-refractivity contribution in [2.24, 2.45) is 10.2 Å². The lowest BCUT2D eigenvalue weighted by Gasteiger charge is -2.04. The Bertz CT molecular complexity index is 848. The summed E-state index contributed by atoms with van der Waals surface area (Å²) in [5, 5.41) is 10.6. The van der Waals surface area contributed by atoms with Crippen molar-refractivity contribution in [1.29, 1.82) is 0 Å². The SMILES string of the molecule is COc1ccc(/C=N/N=C2NC(=O)C(CC(=O)c3ccccc3)S2)cc1. The molecule has 26 heavy (non-hydrogen) atoms. The van der Waals surface area contributed by atoms with Crippen LogP contribution in [-0.4, -0.2) is 35.4 Å². The second-order valence-electron chi connectivity index (χ2n) is 5.51. The van der Waals surface area contributed by atoms with Crippen LogP contribution >= 0.6 is 11.8 Å². The van der Waals surface area contributed by atoms with Gasteiger partial charge in [-0.15, -0.1) is 5.10 Å². The van der Waals surface area contributed by atoms with E-state index < -0.39 is 5.25 Å². The molecule has 1 fully saturated rings. The number of carbonyl (C=O) groups excluding carboxylic acids is 2. The Kier molecular flexibility index (Phi) is 5.80. The predicted molar refractivity (Wildman–Crippen MR) is 103 cm³/mol. The van der Waals surface area contributed by atoms with E-state index in [1.807, 2.05) is 30.3 Å². The van der Waals surface area contributed by atoms with E-state index >= 15 is 0 Å². The number of benzene rings is 2. The van der Waals surface area contributed by atoms with Crippen LogP contribution in [0, 0.1) is 0 Å². The first-order valence-corrected chi connectivity index (χ1v) is 8.84. The molecule has 0 saturated carbocycles. The first kappa shape index (κ1) is 17.9. The number of carbonyl (C=O) groups is 2. The molecule has 1 unspecified atom stereocenters. The van der Waals surface area contributed by atoms with Crippen molar-refractivity contribution in [1.82, 2.24) is 5.32 Å². The van der Waals surface area contributed by atoms with Gasteiger partial charge in [-0.05, 0) is 29.8 Å². The van der Waals surface area contributed by atoms with Gasteiger partial charge in [0.25, 0.3) is 0 Å². The molecule has 0 radical (unpaired) electrons. The number of nitrogens with one attached hydrogen (secondary N) is 1. The minimum absolute atomic E-state index is 0.0683. The van der Waals surface area contributed by atoms with Crippen LogP contribution in [0.1, 0.15) is 22.3 Å². The van der Waals surface area contributed by atoms with Gasteiger partial charge in [-0.2, -0.15) is 5.10 Å². The summed E-state index contributed by atoms with van der Waals surface area (Å²) in [5.74, 6) is 0.469. The number of thioether (sulfide) groups is 1. The number of amides is 1. The van der Waals surface area contributed by atoms with Gasteiger partial charge >= 0.3 is 0 Å². The Morgan fingerprint density at radius 2 is 1.92 bits per heavy atom. The van der Waals surface area contributed by atoms with Crippen LogP contribution in [0.4, 0.5) is 0 Å². The van der Waals surface area contributed by atoms with Gasteiger partial charge in [0, 0.05) is 12.0 Å². The third-order valence-corrected chi connectivity index (χ3v) is 4.79. The Balaban J connectivity index is 1.59. The summed E-state index contributed by atoms with van der Waals surface area (Å²) >= 11 is 1.22. The van der Waals surface area contributed by atoms with E-state index in [9.17, 15) is 9.59 Å². The topological polar surface area (TPSA) is 80.1 Å². The minimum Gasteiger partial charge on any atom is -0.497 e. The molecule has 1 atom stereocenters. The second kappa shape index (κ2) is 8.44. The first-order chi connectivity index (χ1) is 12.7. The summed E-state index contributed by atoms with van der Waals surface area (Å²) in [4.78, 5) is 24.3. The largest absolute Gasteiger partial charge is 0.497 e. The van der Waals surface area contributed by atoms with Crippen LogP contribution in [0.3, 0.4) is 0 Å². The van der Waals surface area contributed by atoms with Crippen LogP contribution in [0.5, 0.6) is 5.75 Å². The van der Waals surface area contributed by atoms with Crippen molar-refractivity contribution in [3.8, 4) is 5.75 Å². The molecule has 2 aromatic carbocycles. The summed E-state index contributed by atoms with van der Waals surface area (Å²) < 4.78 is 5.09. The molecule has 1 aliphatic heterocycles. The predicted octanol–water partition coefficient (Wildman–Crippen LogP) is 2.89. The molecule has 1 N–H and O–H groups in total. The molecule has 3 rings (SSSR count). The number of hydrogen-bond donors (Lipinski definition) is 1. The van der Waals surface area contributed by atoms with Gasteiger partial charge in [-0.1, -0.05) is 42.1 Å². The number of ketones is 1. The van der Waals surface area contributed by atoms with Gasteiger partial charge in [0.05, 0.1) is 18.6 Å². The molecule has 1 saturated heterocycles. The average Bonchev–Trinajstić information content (AvgIpc) is 3.02. The average molecular weight is 367 g/mol. The van der Waals surface area contributed by atoms with Crippen molar-refractivity contribution in [3.05, 3.63) is 65.7 Å². The number of Topliss-reactive ketones (excluding diaryl/α,β-unsaturated/α-hetero) is 1. The molecule has 2 aromatic rings.